The topological polar surface area (TPSA) is 94.2 Å². The minimum Gasteiger partial charge on any atom is -0.463 e. The van der Waals surface area contributed by atoms with Crippen molar-refractivity contribution in [3.63, 3.8) is 0 Å². The average Bonchev–Trinajstić information content (AvgIpc) is 3.15. The molecule has 3 aromatic rings. The molecule has 2 heterocycles. The number of nitrogens with zero attached hydrogens (tertiary/aromatic N) is 2. The van der Waals surface area contributed by atoms with Crippen LogP contribution in [0.15, 0.2) is 68.9 Å². The molecule has 1 aromatic carbocycles. The Hall–Kier alpha value is -2.78. The van der Waals surface area contributed by atoms with Gasteiger partial charge in [0.1, 0.15) is 11.5 Å². The molecule has 0 fully saturated rings. The summed E-state index contributed by atoms with van der Waals surface area (Å²) in [5, 5.41) is 4.23. The summed E-state index contributed by atoms with van der Waals surface area (Å²) in [4.78, 5) is 12.0. The zero-order chi connectivity index (χ0) is 18.7. The Morgan fingerprint density at radius 1 is 1.19 bits per heavy atom. The zero-order valence-electron chi connectivity index (χ0n) is 13.8. The minimum atomic E-state index is -3.82. The third-order valence-corrected chi connectivity index (χ3v) is 5.15. The van der Waals surface area contributed by atoms with E-state index in [1.807, 2.05) is 0 Å². The Bertz CT molecular complexity index is 1040. The first-order valence-corrected chi connectivity index (χ1v) is 9.24. The van der Waals surface area contributed by atoms with Gasteiger partial charge in [0, 0.05) is 12.6 Å². The lowest BCUT2D eigenvalue weighted by Gasteiger charge is -2.15. The number of sulfonamides is 1. The molecule has 0 amide bonds. The van der Waals surface area contributed by atoms with E-state index in [9.17, 15) is 17.6 Å². The third-order valence-electron chi connectivity index (χ3n) is 3.71. The van der Waals surface area contributed by atoms with Crippen molar-refractivity contribution in [3.8, 4) is 11.5 Å². The molecule has 7 nitrogen and oxygen atoms in total. The van der Waals surface area contributed by atoms with Gasteiger partial charge in [-0.2, -0.15) is 5.10 Å². The van der Waals surface area contributed by atoms with E-state index in [-0.39, 0.29) is 17.0 Å². The Morgan fingerprint density at radius 3 is 2.58 bits per heavy atom. The maximum absolute atomic E-state index is 12.9. The monoisotopic (exact) mass is 377 g/mol. The molecule has 0 radical (unpaired) electrons. The van der Waals surface area contributed by atoms with Crippen molar-refractivity contribution in [2.45, 2.75) is 17.9 Å². The summed E-state index contributed by atoms with van der Waals surface area (Å²) in [6, 6.07) is 10.2. The third kappa shape index (κ3) is 3.89. The van der Waals surface area contributed by atoms with Crippen molar-refractivity contribution in [1.82, 2.24) is 14.5 Å². The fourth-order valence-electron chi connectivity index (χ4n) is 2.31. The van der Waals surface area contributed by atoms with E-state index >= 15 is 0 Å². The molecular weight excluding hydrogens is 361 g/mol. The van der Waals surface area contributed by atoms with Gasteiger partial charge in [0.2, 0.25) is 10.0 Å². The highest BCUT2D eigenvalue weighted by Crippen LogP contribution is 2.16. The summed E-state index contributed by atoms with van der Waals surface area (Å²) in [7, 11) is -3.82. The molecule has 136 valence electrons. The highest BCUT2D eigenvalue weighted by molar-refractivity contribution is 7.89. The SMILES string of the molecule is CC(CNS(=O)(=O)c1ccc(F)cc1)n1nc(-c2ccco2)ccc1=O. The van der Waals surface area contributed by atoms with Crippen molar-refractivity contribution in [1.29, 1.82) is 0 Å². The van der Waals surface area contributed by atoms with Crippen LogP contribution in [0.25, 0.3) is 11.5 Å². The Morgan fingerprint density at radius 2 is 1.92 bits per heavy atom. The van der Waals surface area contributed by atoms with E-state index in [2.05, 4.69) is 9.82 Å². The molecule has 3 rings (SSSR count). The largest absolute Gasteiger partial charge is 0.463 e. The van der Waals surface area contributed by atoms with Crippen LogP contribution in [-0.2, 0) is 10.0 Å². The number of benzene rings is 1. The summed E-state index contributed by atoms with van der Waals surface area (Å²) < 4.78 is 46.3. The van der Waals surface area contributed by atoms with Gasteiger partial charge in [0.25, 0.3) is 5.56 Å². The molecule has 26 heavy (non-hydrogen) atoms. The van der Waals surface area contributed by atoms with Crippen LogP contribution in [0.4, 0.5) is 4.39 Å². The molecule has 1 N–H and O–H groups in total. The average molecular weight is 377 g/mol. The van der Waals surface area contributed by atoms with Gasteiger partial charge < -0.3 is 4.42 Å². The molecule has 2 aromatic heterocycles. The van der Waals surface area contributed by atoms with E-state index in [0.29, 0.717) is 11.5 Å². The predicted molar refractivity (Wildman–Crippen MR) is 92.5 cm³/mol. The minimum absolute atomic E-state index is 0.0595. The number of nitrogens with one attached hydrogen (secondary N) is 1. The van der Waals surface area contributed by atoms with Crippen molar-refractivity contribution >= 4 is 10.0 Å². The van der Waals surface area contributed by atoms with E-state index < -0.39 is 21.9 Å². The van der Waals surface area contributed by atoms with Gasteiger partial charge >= 0.3 is 0 Å². The van der Waals surface area contributed by atoms with Crippen LogP contribution in [0.5, 0.6) is 0 Å². The Kier molecular flexibility index (Phi) is 5.01. The summed E-state index contributed by atoms with van der Waals surface area (Å²) in [5.41, 5.74) is 0.0941. The molecular formula is C17H16FN3O4S. The number of furan rings is 1. The Labute approximate surface area is 149 Å². The number of hydrogen-bond donors (Lipinski definition) is 1. The molecule has 0 aliphatic rings. The summed E-state index contributed by atoms with van der Waals surface area (Å²) in [5.74, 6) is -0.0272. The zero-order valence-corrected chi connectivity index (χ0v) is 14.6. The maximum Gasteiger partial charge on any atom is 0.267 e. The van der Waals surface area contributed by atoms with Gasteiger partial charge in [-0.15, -0.1) is 0 Å². The van der Waals surface area contributed by atoms with Crippen LogP contribution in [0, 0.1) is 5.82 Å². The van der Waals surface area contributed by atoms with Crippen molar-refractivity contribution in [2.24, 2.45) is 0 Å². The molecule has 0 aliphatic heterocycles. The first-order chi connectivity index (χ1) is 12.4. The van der Waals surface area contributed by atoms with E-state index in [1.54, 1.807) is 19.1 Å². The summed E-state index contributed by atoms with van der Waals surface area (Å²) >= 11 is 0. The fourth-order valence-corrected chi connectivity index (χ4v) is 3.43. The summed E-state index contributed by atoms with van der Waals surface area (Å²) in [6.07, 6.45) is 1.49. The lowest BCUT2D eigenvalue weighted by molar-refractivity contribution is 0.456. The van der Waals surface area contributed by atoms with Gasteiger partial charge in [0.05, 0.1) is 17.2 Å². The lowest BCUT2D eigenvalue weighted by Crippen LogP contribution is -2.34. The van der Waals surface area contributed by atoms with Crippen molar-refractivity contribution < 1.29 is 17.2 Å². The molecule has 0 spiro atoms. The lowest BCUT2D eigenvalue weighted by atomic mass is 10.3. The molecule has 0 aliphatic carbocycles. The second kappa shape index (κ2) is 7.22. The molecule has 0 saturated heterocycles. The van der Waals surface area contributed by atoms with Crippen LogP contribution in [0.3, 0.4) is 0 Å². The second-order valence-corrected chi connectivity index (χ2v) is 7.40. The molecule has 1 unspecified atom stereocenters. The highest BCUT2D eigenvalue weighted by Gasteiger charge is 2.17. The van der Waals surface area contributed by atoms with Crippen LogP contribution < -0.4 is 10.3 Å². The van der Waals surface area contributed by atoms with Crippen LogP contribution >= 0.6 is 0 Å². The standard InChI is InChI=1S/C17H16FN3O4S/c1-12(11-19-26(23,24)14-6-4-13(18)5-7-14)21-17(22)9-8-15(20-21)16-3-2-10-25-16/h2-10,12,19H,11H2,1H3. The number of rotatable bonds is 6. The van der Waals surface area contributed by atoms with Crippen LogP contribution in [0.1, 0.15) is 13.0 Å². The first kappa shape index (κ1) is 18.0. The van der Waals surface area contributed by atoms with Gasteiger partial charge in [-0.25, -0.2) is 22.2 Å². The quantitative estimate of drug-likeness (QED) is 0.711. The molecule has 0 saturated carbocycles. The predicted octanol–water partition coefficient (Wildman–Crippen LogP) is 2.18. The summed E-state index contributed by atoms with van der Waals surface area (Å²) in [6.45, 7) is 1.60. The number of hydrogen-bond acceptors (Lipinski definition) is 5. The maximum atomic E-state index is 12.9. The van der Waals surface area contributed by atoms with Crippen molar-refractivity contribution in [2.75, 3.05) is 6.54 Å². The van der Waals surface area contributed by atoms with Crippen molar-refractivity contribution in [3.05, 3.63) is 71.0 Å². The van der Waals surface area contributed by atoms with E-state index in [1.165, 1.54) is 35.2 Å². The number of halogens is 1. The normalized spacial score (nSPS) is 12.8. The Balaban J connectivity index is 1.78. The van der Waals surface area contributed by atoms with Crippen LogP contribution in [0.2, 0.25) is 0 Å². The first-order valence-electron chi connectivity index (χ1n) is 7.76. The molecule has 0 bridgehead atoms. The fraction of sp³-hybridized carbons (Fsp3) is 0.176. The second-order valence-electron chi connectivity index (χ2n) is 5.63. The van der Waals surface area contributed by atoms with E-state index in [4.69, 9.17) is 4.42 Å². The van der Waals surface area contributed by atoms with Gasteiger partial charge in [-0.05, 0) is 49.4 Å². The number of aromatic nitrogens is 2. The molecule has 9 heteroatoms. The van der Waals surface area contributed by atoms with E-state index in [0.717, 1.165) is 12.1 Å². The van der Waals surface area contributed by atoms with Crippen LogP contribution in [-0.4, -0.2) is 24.7 Å². The highest BCUT2D eigenvalue weighted by atomic mass is 32.2. The molecule has 1 atom stereocenters. The smallest absolute Gasteiger partial charge is 0.267 e. The van der Waals surface area contributed by atoms with Gasteiger partial charge in [-0.1, -0.05) is 0 Å². The van der Waals surface area contributed by atoms with Gasteiger partial charge in [0.15, 0.2) is 5.76 Å². The van der Waals surface area contributed by atoms with Gasteiger partial charge in [-0.3, -0.25) is 4.79 Å².